The molecule has 0 unspecified atom stereocenters. The van der Waals surface area contributed by atoms with Crippen LogP contribution in [0, 0.1) is 0 Å². The van der Waals surface area contributed by atoms with Crippen LogP contribution in [0.5, 0.6) is 17.2 Å². The van der Waals surface area contributed by atoms with Gasteiger partial charge in [-0.3, -0.25) is 4.79 Å². The monoisotopic (exact) mass is 495 g/mol. The number of aliphatic carboxylic acids is 1. The lowest BCUT2D eigenvalue weighted by Crippen LogP contribution is -2.35. The maximum absolute atomic E-state index is 13.0. The standard InChI is InChI=1S/C30H25NO6/c1-31(16-15-20-7-3-2-4-8-20)29(32)27-28(30(33)34)37-26-18-24(13-14-25(26)36-27)35-19-21-11-12-22-9-5-6-10-23(22)17-21/h2-14,17-18H,15-16,19H2,1H3,(H,33,34). The summed E-state index contributed by atoms with van der Waals surface area (Å²) in [6.45, 7) is 0.707. The van der Waals surface area contributed by atoms with E-state index in [1.54, 1.807) is 25.2 Å². The topological polar surface area (TPSA) is 85.3 Å². The second kappa shape index (κ2) is 10.5. The largest absolute Gasteiger partial charge is 0.489 e. The first-order valence-electron chi connectivity index (χ1n) is 11.8. The van der Waals surface area contributed by atoms with E-state index in [1.165, 1.54) is 4.90 Å². The SMILES string of the molecule is CN(CCc1ccccc1)C(=O)C1=C(C(=O)O)Oc2cc(OCc3ccc4ccccc4c3)ccc2O1. The number of amides is 1. The van der Waals surface area contributed by atoms with Gasteiger partial charge in [0.25, 0.3) is 11.7 Å². The Balaban J connectivity index is 1.28. The minimum absolute atomic E-state index is 0.164. The second-order valence-corrected chi connectivity index (χ2v) is 8.71. The molecule has 1 N–H and O–H groups in total. The van der Waals surface area contributed by atoms with E-state index in [4.69, 9.17) is 14.2 Å². The predicted octanol–water partition coefficient (Wildman–Crippen LogP) is 5.19. The van der Waals surface area contributed by atoms with Crippen molar-refractivity contribution in [3.63, 3.8) is 0 Å². The van der Waals surface area contributed by atoms with Gasteiger partial charge in [-0.25, -0.2) is 4.79 Å². The highest BCUT2D eigenvalue weighted by atomic mass is 16.6. The Hall–Kier alpha value is -4.78. The normalized spacial score (nSPS) is 12.4. The lowest BCUT2D eigenvalue weighted by molar-refractivity contribution is -0.137. The zero-order valence-electron chi connectivity index (χ0n) is 20.2. The third kappa shape index (κ3) is 5.41. The first-order valence-corrected chi connectivity index (χ1v) is 11.8. The van der Waals surface area contributed by atoms with Crippen LogP contribution >= 0.6 is 0 Å². The molecule has 0 spiro atoms. The number of ether oxygens (including phenoxy) is 3. The van der Waals surface area contributed by atoms with Crippen LogP contribution in [0.1, 0.15) is 11.1 Å². The number of hydrogen-bond acceptors (Lipinski definition) is 5. The minimum atomic E-state index is -1.40. The van der Waals surface area contributed by atoms with Crippen molar-refractivity contribution in [2.75, 3.05) is 13.6 Å². The molecular weight excluding hydrogens is 470 g/mol. The highest BCUT2D eigenvalue weighted by Gasteiger charge is 2.33. The van der Waals surface area contributed by atoms with E-state index >= 15 is 0 Å². The van der Waals surface area contributed by atoms with E-state index in [0.29, 0.717) is 25.3 Å². The van der Waals surface area contributed by atoms with Gasteiger partial charge in [-0.1, -0.05) is 66.7 Å². The minimum Gasteiger partial charge on any atom is -0.489 e. The van der Waals surface area contributed by atoms with Crippen LogP contribution in [0.3, 0.4) is 0 Å². The summed E-state index contributed by atoms with van der Waals surface area (Å²) in [5, 5.41) is 12.0. The Labute approximate surface area is 214 Å². The van der Waals surface area contributed by atoms with Crippen LogP contribution in [-0.4, -0.2) is 35.5 Å². The maximum atomic E-state index is 13.0. The average Bonchev–Trinajstić information content (AvgIpc) is 2.94. The average molecular weight is 496 g/mol. The fourth-order valence-corrected chi connectivity index (χ4v) is 4.05. The summed E-state index contributed by atoms with van der Waals surface area (Å²) in [7, 11) is 1.60. The molecule has 7 nitrogen and oxygen atoms in total. The third-order valence-electron chi connectivity index (χ3n) is 6.08. The summed E-state index contributed by atoms with van der Waals surface area (Å²) >= 11 is 0. The van der Waals surface area contributed by atoms with Gasteiger partial charge in [0.15, 0.2) is 11.5 Å². The number of fused-ring (bicyclic) bond motifs is 2. The molecule has 0 saturated heterocycles. The lowest BCUT2D eigenvalue weighted by atomic mass is 10.1. The van der Waals surface area contributed by atoms with Gasteiger partial charge in [0.1, 0.15) is 12.4 Å². The quantitative estimate of drug-likeness (QED) is 0.362. The molecule has 1 aliphatic rings. The summed E-state index contributed by atoms with van der Waals surface area (Å²) in [4.78, 5) is 26.4. The van der Waals surface area contributed by atoms with Crippen molar-refractivity contribution in [3.8, 4) is 17.2 Å². The van der Waals surface area contributed by atoms with Crippen LogP contribution in [0.15, 0.2) is 103 Å². The van der Waals surface area contributed by atoms with Gasteiger partial charge in [0.2, 0.25) is 5.76 Å². The van der Waals surface area contributed by atoms with Crippen LogP contribution in [0.25, 0.3) is 10.8 Å². The van der Waals surface area contributed by atoms with E-state index in [9.17, 15) is 14.7 Å². The van der Waals surface area contributed by atoms with Gasteiger partial charge >= 0.3 is 5.97 Å². The van der Waals surface area contributed by atoms with Gasteiger partial charge in [-0.2, -0.15) is 0 Å². The van der Waals surface area contributed by atoms with Crippen LogP contribution in [0.2, 0.25) is 0 Å². The Morgan fingerprint density at radius 1 is 0.784 bits per heavy atom. The number of hydrogen-bond donors (Lipinski definition) is 1. The van der Waals surface area contributed by atoms with Crippen molar-refractivity contribution >= 4 is 22.6 Å². The predicted molar refractivity (Wildman–Crippen MR) is 138 cm³/mol. The van der Waals surface area contributed by atoms with Crippen molar-refractivity contribution in [2.45, 2.75) is 13.0 Å². The van der Waals surface area contributed by atoms with E-state index < -0.39 is 17.6 Å². The van der Waals surface area contributed by atoms with Gasteiger partial charge < -0.3 is 24.2 Å². The summed E-state index contributed by atoms with van der Waals surface area (Å²) in [5.41, 5.74) is 2.06. The number of carbonyl (C=O) groups is 2. The van der Waals surface area contributed by atoms with Gasteiger partial charge in [-0.05, 0) is 46.5 Å². The number of carboxylic acids is 1. The van der Waals surface area contributed by atoms with Crippen LogP contribution in [0.4, 0.5) is 0 Å². The third-order valence-corrected chi connectivity index (χ3v) is 6.08. The Morgan fingerprint density at radius 2 is 1.51 bits per heavy atom. The molecule has 4 aromatic carbocycles. The van der Waals surface area contributed by atoms with Crippen molar-refractivity contribution in [2.24, 2.45) is 0 Å². The molecule has 4 aromatic rings. The lowest BCUT2D eigenvalue weighted by Gasteiger charge is -2.25. The molecule has 1 aliphatic heterocycles. The van der Waals surface area contributed by atoms with Crippen molar-refractivity contribution in [1.29, 1.82) is 0 Å². The molecule has 7 heteroatoms. The Kier molecular flexibility index (Phi) is 6.76. The highest BCUT2D eigenvalue weighted by molar-refractivity contribution is 6.00. The molecule has 0 bridgehead atoms. The van der Waals surface area contributed by atoms with Crippen molar-refractivity contribution in [1.82, 2.24) is 4.90 Å². The molecule has 0 fully saturated rings. The Bertz CT molecular complexity index is 1490. The molecule has 0 radical (unpaired) electrons. The fraction of sp³-hybridized carbons (Fsp3) is 0.133. The number of likely N-dealkylation sites (N-methyl/N-ethyl adjacent to an activating group) is 1. The van der Waals surface area contributed by atoms with Gasteiger partial charge in [0.05, 0.1) is 0 Å². The van der Waals surface area contributed by atoms with E-state index in [-0.39, 0.29) is 17.3 Å². The van der Waals surface area contributed by atoms with Crippen molar-refractivity contribution < 1.29 is 28.9 Å². The fourth-order valence-electron chi connectivity index (χ4n) is 4.05. The number of carbonyl (C=O) groups excluding carboxylic acids is 1. The van der Waals surface area contributed by atoms with Gasteiger partial charge in [0, 0.05) is 19.7 Å². The summed E-state index contributed by atoms with van der Waals surface area (Å²) in [5.74, 6) is -2.01. The molecule has 5 rings (SSSR count). The molecule has 37 heavy (non-hydrogen) atoms. The second-order valence-electron chi connectivity index (χ2n) is 8.71. The molecule has 0 aromatic heterocycles. The Morgan fingerprint density at radius 3 is 2.30 bits per heavy atom. The molecule has 186 valence electrons. The zero-order valence-corrected chi connectivity index (χ0v) is 20.2. The number of carboxylic acid groups (broad SMARTS) is 1. The smallest absolute Gasteiger partial charge is 0.376 e. The first-order chi connectivity index (χ1) is 18.0. The van der Waals surface area contributed by atoms with Crippen molar-refractivity contribution in [3.05, 3.63) is 114 Å². The number of rotatable bonds is 8. The van der Waals surface area contributed by atoms with Crippen LogP contribution in [-0.2, 0) is 22.6 Å². The number of benzene rings is 4. The van der Waals surface area contributed by atoms with Gasteiger partial charge in [-0.15, -0.1) is 0 Å². The molecule has 1 amide bonds. The van der Waals surface area contributed by atoms with E-state index in [0.717, 1.165) is 21.9 Å². The maximum Gasteiger partial charge on any atom is 0.376 e. The molecule has 1 heterocycles. The number of nitrogens with zero attached hydrogens (tertiary/aromatic N) is 1. The molecule has 0 aliphatic carbocycles. The summed E-state index contributed by atoms with van der Waals surface area (Å²) in [6, 6.07) is 28.7. The van der Waals surface area contributed by atoms with Crippen LogP contribution < -0.4 is 14.2 Å². The van der Waals surface area contributed by atoms with E-state index in [1.807, 2.05) is 66.7 Å². The first kappa shape index (κ1) is 23.9. The molecule has 0 atom stereocenters. The highest BCUT2D eigenvalue weighted by Crippen LogP contribution is 2.38. The van der Waals surface area contributed by atoms with E-state index in [2.05, 4.69) is 6.07 Å². The summed E-state index contributed by atoms with van der Waals surface area (Å²) < 4.78 is 17.3. The molecule has 0 saturated carbocycles. The molecular formula is C30H25NO6. The zero-order chi connectivity index (χ0) is 25.8. The summed E-state index contributed by atoms with van der Waals surface area (Å²) in [6.07, 6.45) is 0.619.